The Morgan fingerprint density at radius 3 is 2.28 bits per heavy atom. The Labute approximate surface area is 107 Å². The van der Waals surface area contributed by atoms with Crippen molar-refractivity contribution >= 4 is 11.9 Å². The van der Waals surface area contributed by atoms with Crippen LogP contribution in [0.1, 0.15) is 33.6 Å². The van der Waals surface area contributed by atoms with Gasteiger partial charge in [0.15, 0.2) is 5.78 Å². The Balaban J connectivity index is 2.44. The predicted octanol–water partition coefficient (Wildman–Crippen LogP) is 2.27. The van der Waals surface area contributed by atoms with Crippen LogP contribution >= 0.6 is 0 Å². The van der Waals surface area contributed by atoms with Crippen molar-refractivity contribution in [3.63, 3.8) is 0 Å². The van der Waals surface area contributed by atoms with Gasteiger partial charge in [-0.2, -0.15) is 0 Å². The number of piperidine rings is 1. The first-order valence-electron chi connectivity index (χ1n) is 6.16. The fourth-order valence-electron chi connectivity index (χ4n) is 1.88. The molecule has 1 amide bonds. The number of carbonyl (C=O) groups excluding carboxylic acids is 2. The minimum atomic E-state index is -0.497. The molecule has 5 heteroatoms. The highest BCUT2D eigenvalue weighted by Crippen LogP contribution is 2.20. The van der Waals surface area contributed by atoms with Gasteiger partial charge in [-0.25, -0.2) is 4.79 Å². The number of rotatable bonds is 2. The molecule has 102 valence electrons. The molecule has 0 bridgehead atoms. The Morgan fingerprint density at radius 2 is 1.83 bits per heavy atom. The number of nitrogens with zero attached hydrogens (tertiary/aromatic N) is 1. The number of ketones is 1. The molecule has 1 heterocycles. The van der Waals surface area contributed by atoms with E-state index >= 15 is 0 Å². The first-order valence-corrected chi connectivity index (χ1v) is 6.16. The van der Waals surface area contributed by atoms with Crippen LogP contribution in [0.15, 0.2) is 12.3 Å². The zero-order valence-electron chi connectivity index (χ0n) is 11.2. The summed E-state index contributed by atoms with van der Waals surface area (Å²) in [5, 5.41) is 8.55. The number of aliphatic hydroxyl groups excluding tert-OH is 1. The lowest BCUT2D eigenvalue weighted by Crippen LogP contribution is -2.42. The lowest BCUT2D eigenvalue weighted by atomic mass is 9.93. The van der Waals surface area contributed by atoms with Crippen molar-refractivity contribution < 1.29 is 19.4 Å². The van der Waals surface area contributed by atoms with E-state index in [4.69, 9.17) is 9.84 Å². The van der Waals surface area contributed by atoms with Crippen molar-refractivity contribution in [1.29, 1.82) is 0 Å². The van der Waals surface area contributed by atoms with Gasteiger partial charge in [-0.1, -0.05) is 0 Å². The molecule has 0 saturated carbocycles. The van der Waals surface area contributed by atoms with Crippen molar-refractivity contribution in [2.75, 3.05) is 13.1 Å². The highest BCUT2D eigenvalue weighted by Gasteiger charge is 2.28. The first-order chi connectivity index (χ1) is 8.33. The molecule has 0 aromatic heterocycles. The van der Waals surface area contributed by atoms with Crippen LogP contribution in [0.4, 0.5) is 4.79 Å². The van der Waals surface area contributed by atoms with Crippen molar-refractivity contribution in [2.45, 2.75) is 39.2 Å². The molecule has 0 spiro atoms. The van der Waals surface area contributed by atoms with Gasteiger partial charge in [0.05, 0.1) is 6.26 Å². The lowest BCUT2D eigenvalue weighted by Gasteiger charge is -2.32. The van der Waals surface area contributed by atoms with Crippen LogP contribution in [-0.4, -0.2) is 40.6 Å². The Morgan fingerprint density at radius 1 is 1.28 bits per heavy atom. The molecule has 0 radical (unpaired) electrons. The summed E-state index contributed by atoms with van der Waals surface area (Å²) in [6, 6.07) is 0. The number of hydrogen-bond donors (Lipinski definition) is 1. The van der Waals surface area contributed by atoms with Gasteiger partial charge in [-0.3, -0.25) is 4.79 Å². The molecule has 0 aliphatic carbocycles. The van der Waals surface area contributed by atoms with Gasteiger partial charge < -0.3 is 14.7 Å². The van der Waals surface area contributed by atoms with Crippen molar-refractivity contribution in [2.24, 2.45) is 5.92 Å². The smallest absolute Gasteiger partial charge is 0.410 e. The SMILES string of the molecule is CC(C)(C)OC(=O)N1CCC(C(=O)C=CO)CC1. The number of allylic oxidation sites excluding steroid dienone is 1. The number of carbonyl (C=O) groups is 2. The van der Waals surface area contributed by atoms with Crippen LogP contribution in [0.5, 0.6) is 0 Å². The van der Waals surface area contributed by atoms with Gasteiger partial charge in [-0.15, -0.1) is 0 Å². The highest BCUT2D eigenvalue weighted by atomic mass is 16.6. The van der Waals surface area contributed by atoms with Crippen molar-refractivity contribution in [3.05, 3.63) is 12.3 Å². The minimum absolute atomic E-state index is 0.0821. The molecular weight excluding hydrogens is 234 g/mol. The Kier molecular flexibility index (Phi) is 4.76. The summed E-state index contributed by atoms with van der Waals surface area (Å²) >= 11 is 0. The van der Waals surface area contributed by atoms with E-state index in [1.54, 1.807) is 4.90 Å². The molecule has 1 aliphatic rings. The third-order valence-electron chi connectivity index (χ3n) is 2.79. The number of amides is 1. The monoisotopic (exact) mass is 255 g/mol. The zero-order chi connectivity index (χ0) is 13.8. The standard InChI is InChI=1S/C13H21NO4/c1-13(2,3)18-12(17)14-7-4-10(5-8-14)11(16)6-9-15/h6,9-10,15H,4-5,7-8H2,1-3H3. The van der Waals surface area contributed by atoms with Gasteiger partial charge in [0.25, 0.3) is 0 Å². The maximum Gasteiger partial charge on any atom is 0.410 e. The molecule has 1 rings (SSSR count). The molecule has 5 nitrogen and oxygen atoms in total. The number of ether oxygens (including phenoxy) is 1. The highest BCUT2D eigenvalue weighted by molar-refractivity contribution is 5.91. The number of likely N-dealkylation sites (tertiary alicyclic amines) is 1. The number of hydrogen-bond acceptors (Lipinski definition) is 4. The average molecular weight is 255 g/mol. The zero-order valence-corrected chi connectivity index (χ0v) is 11.2. The van der Waals surface area contributed by atoms with Crippen LogP contribution in [0.3, 0.4) is 0 Å². The molecule has 1 saturated heterocycles. The molecule has 1 N–H and O–H groups in total. The maximum atomic E-state index is 11.8. The Hall–Kier alpha value is -1.52. The molecule has 1 aliphatic heterocycles. The quantitative estimate of drug-likeness (QED) is 0.607. The van der Waals surface area contributed by atoms with E-state index < -0.39 is 5.60 Å². The molecule has 0 atom stereocenters. The first kappa shape index (κ1) is 14.5. The van der Waals surface area contributed by atoms with Crippen LogP contribution in [0.25, 0.3) is 0 Å². The maximum absolute atomic E-state index is 11.8. The summed E-state index contributed by atoms with van der Waals surface area (Å²) in [5.74, 6) is -0.187. The van der Waals surface area contributed by atoms with Crippen LogP contribution in [0.2, 0.25) is 0 Å². The minimum Gasteiger partial charge on any atom is -0.515 e. The average Bonchev–Trinajstić information content (AvgIpc) is 2.27. The van der Waals surface area contributed by atoms with E-state index in [2.05, 4.69) is 0 Å². The summed E-state index contributed by atoms with van der Waals surface area (Å²) in [6.45, 7) is 6.52. The number of aliphatic hydroxyl groups is 1. The molecule has 18 heavy (non-hydrogen) atoms. The topological polar surface area (TPSA) is 66.8 Å². The van der Waals surface area contributed by atoms with E-state index in [1.807, 2.05) is 20.8 Å². The summed E-state index contributed by atoms with van der Waals surface area (Å²) in [6.07, 6.45) is 2.84. The van der Waals surface area contributed by atoms with E-state index in [1.165, 1.54) is 6.08 Å². The Bertz CT molecular complexity index is 335. The van der Waals surface area contributed by atoms with E-state index in [0.717, 1.165) is 6.26 Å². The van der Waals surface area contributed by atoms with E-state index in [0.29, 0.717) is 25.9 Å². The lowest BCUT2D eigenvalue weighted by molar-refractivity contribution is -0.119. The summed E-state index contributed by atoms with van der Waals surface area (Å²) in [4.78, 5) is 24.9. The van der Waals surface area contributed by atoms with Crippen LogP contribution < -0.4 is 0 Å². The van der Waals surface area contributed by atoms with Crippen molar-refractivity contribution in [1.82, 2.24) is 4.90 Å². The second-order valence-electron chi connectivity index (χ2n) is 5.46. The molecular formula is C13H21NO4. The van der Waals surface area contributed by atoms with E-state index in [9.17, 15) is 9.59 Å². The third kappa shape index (κ3) is 4.39. The van der Waals surface area contributed by atoms with Gasteiger partial charge in [0.1, 0.15) is 5.60 Å². The van der Waals surface area contributed by atoms with Gasteiger partial charge in [0.2, 0.25) is 0 Å². The normalized spacial score (nSPS) is 18.1. The second-order valence-corrected chi connectivity index (χ2v) is 5.46. The van der Waals surface area contributed by atoms with Gasteiger partial charge in [-0.05, 0) is 33.6 Å². The molecule has 1 fully saturated rings. The van der Waals surface area contributed by atoms with Crippen molar-refractivity contribution in [3.8, 4) is 0 Å². The third-order valence-corrected chi connectivity index (χ3v) is 2.79. The summed E-state index contributed by atoms with van der Waals surface area (Å²) in [5.41, 5.74) is -0.497. The van der Waals surface area contributed by atoms with Gasteiger partial charge >= 0.3 is 6.09 Å². The molecule has 0 aromatic carbocycles. The summed E-state index contributed by atoms with van der Waals surface area (Å²) in [7, 11) is 0. The summed E-state index contributed by atoms with van der Waals surface area (Å²) < 4.78 is 5.27. The second kappa shape index (κ2) is 5.89. The fourth-order valence-corrected chi connectivity index (χ4v) is 1.88. The largest absolute Gasteiger partial charge is 0.515 e. The van der Waals surface area contributed by atoms with Crippen LogP contribution in [-0.2, 0) is 9.53 Å². The predicted molar refractivity (Wildman–Crippen MR) is 67.3 cm³/mol. The molecule has 0 aromatic rings. The van der Waals surface area contributed by atoms with E-state index in [-0.39, 0.29) is 17.8 Å². The molecule has 0 unspecified atom stereocenters. The fraction of sp³-hybridized carbons (Fsp3) is 0.692. The van der Waals surface area contributed by atoms with Gasteiger partial charge in [0, 0.05) is 25.1 Å². The van der Waals surface area contributed by atoms with Crippen LogP contribution in [0, 0.1) is 5.92 Å².